The normalized spacial score (nSPS) is 22.9. The van der Waals surface area contributed by atoms with Gasteiger partial charge >= 0.3 is 0 Å². The van der Waals surface area contributed by atoms with Crippen molar-refractivity contribution in [2.24, 2.45) is 13.0 Å². The quantitative estimate of drug-likeness (QED) is 0.507. The van der Waals surface area contributed by atoms with Crippen LogP contribution in [-0.4, -0.2) is 52.6 Å². The summed E-state index contributed by atoms with van der Waals surface area (Å²) >= 11 is 5.51. The predicted molar refractivity (Wildman–Crippen MR) is 141 cm³/mol. The molecule has 6 rings (SSSR count). The number of para-hydroxylation sites is 1. The number of hydrogen-bond acceptors (Lipinski definition) is 5. The number of piperidine rings is 3. The highest BCUT2D eigenvalue weighted by molar-refractivity contribution is 7.80. The van der Waals surface area contributed by atoms with Crippen molar-refractivity contribution < 1.29 is 4.74 Å². The fourth-order valence-corrected chi connectivity index (χ4v) is 5.76. The Labute approximate surface area is 211 Å². The SMILES string of the molecule is COc1ccccc1-c1cc([C@H]2CN3CC[C@H]2C[C@@H]3CNC(=S)Nc2cccc(C#N)c2)n(C)n1. The van der Waals surface area contributed by atoms with Gasteiger partial charge in [-0.25, -0.2) is 0 Å². The highest BCUT2D eigenvalue weighted by Gasteiger charge is 2.41. The molecule has 3 fully saturated rings. The standard InChI is InChI=1S/C27H30N6OS/c1-32-25(14-24(31-32)22-8-3-4-9-26(22)34-2)23-17-33-11-10-19(23)13-21(33)16-29-27(35)30-20-7-5-6-18(12-20)15-28/h3-9,12,14,19,21,23H,10-11,13,16-17H2,1-2H3,(H2,29,30,35)/t19-,21+,23-/m0/s1. The van der Waals surface area contributed by atoms with Crippen molar-refractivity contribution in [3.63, 3.8) is 0 Å². The average Bonchev–Trinajstić information content (AvgIpc) is 3.29. The van der Waals surface area contributed by atoms with Crippen LogP contribution in [0.5, 0.6) is 5.75 Å². The number of thiocarbonyl (C=S) groups is 1. The van der Waals surface area contributed by atoms with Crippen LogP contribution in [0.15, 0.2) is 54.6 Å². The van der Waals surface area contributed by atoms with E-state index in [0.717, 1.165) is 48.7 Å². The molecule has 0 amide bonds. The first-order valence-electron chi connectivity index (χ1n) is 12.0. The van der Waals surface area contributed by atoms with Crippen LogP contribution in [0.25, 0.3) is 11.3 Å². The van der Waals surface area contributed by atoms with Crippen molar-refractivity contribution in [1.29, 1.82) is 5.26 Å². The molecule has 7 nitrogen and oxygen atoms in total. The third-order valence-corrected chi connectivity index (χ3v) is 7.55. The molecular weight excluding hydrogens is 456 g/mol. The van der Waals surface area contributed by atoms with Gasteiger partial charge in [0.2, 0.25) is 0 Å². The topological polar surface area (TPSA) is 78.1 Å². The zero-order valence-corrected chi connectivity index (χ0v) is 20.9. The summed E-state index contributed by atoms with van der Waals surface area (Å²) in [6.45, 7) is 2.96. The minimum absolute atomic E-state index is 0.456. The third-order valence-electron chi connectivity index (χ3n) is 7.31. The van der Waals surface area contributed by atoms with Crippen molar-refractivity contribution >= 4 is 23.0 Å². The number of nitrogens with one attached hydrogen (secondary N) is 2. The average molecular weight is 487 g/mol. The molecular formula is C27H30N6OS. The Kier molecular flexibility index (Phi) is 6.71. The first-order chi connectivity index (χ1) is 17.1. The fourth-order valence-electron chi connectivity index (χ4n) is 5.55. The Morgan fingerprint density at radius 3 is 2.86 bits per heavy atom. The Balaban J connectivity index is 1.22. The largest absolute Gasteiger partial charge is 0.496 e. The van der Waals surface area contributed by atoms with Gasteiger partial charge in [-0.3, -0.25) is 9.58 Å². The monoisotopic (exact) mass is 486 g/mol. The van der Waals surface area contributed by atoms with E-state index in [2.05, 4.69) is 45.5 Å². The van der Waals surface area contributed by atoms with E-state index in [1.807, 2.05) is 30.3 Å². The lowest BCUT2D eigenvalue weighted by Crippen LogP contribution is -2.56. The van der Waals surface area contributed by atoms with Crippen LogP contribution >= 0.6 is 12.2 Å². The van der Waals surface area contributed by atoms with Gasteiger partial charge in [0, 0.05) is 49.0 Å². The van der Waals surface area contributed by atoms with Crippen molar-refractivity contribution in [3.05, 3.63) is 65.9 Å². The van der Waals surface area contributed by atoms with E-state index in [9.17, 15) is 0 Å². The van der Waals surface area contributed by atoms with Crippen LogP contribution in [0.3, 0.4) is 0 Å². The zero-order valence-electron chi connectivity index (χ0n) is 20.1. The summed E-state index contributed by atoms with van der Waals surface area (Å²) in [5, 5.41) is 21.1. The molecule has 4 heterocycles. The summed E-state index contributed by atoms with van der Waals surface area (Å²) < 4.78 is 7.61. The van der Waals surface area contributed by atoms with Gasteiger partial charge in [-0.2, -0.15) is 10.4 Å². The summed E-state index contributed by atoms with van der Waals surface area (Å²) in [4.78, 5) is 2.59. The van der Waals surface area contributed by atoms with Gasteiger partial charge in [-0.05, 0) is 73.9 Å². The number of rotatable bonds is 6. The zero-order chi connectivity index (χ0) is 24.4. The van der Waals surface area contributed by atoms with Crippen LogP contribution in [0.2, 0.25) is 0 Å². The maximum atomic E-state index is 9.09. The second-order valence-electron chi connectivity index (χ2n) is 9.35. The number of ether oxygens (including phenoxy) is 1. The molecule has 2 N–H and O–H groups in total. The minimum atomic E-state index is 0.456. The van der Waals surface area contributed by atoms with Crippen molar-refractivity contribution in [2.45, 2.75) is 24.8 Å². The van der Waals surface area contributed by atoms with Crippen molar-refractivity contribution in [3.8, 4) is 23.1 Å². The lowest BCUT2D eigenvalue weighted by Gasteiger charge is -2.50. The first-order valence-corrected chi connectivity index (χ1v) is 12.4. The number of nitrogens with zero attached hydrogens (tertiary/aromatic N) is 4. The smallest absolute Gasteiger partial charge is 0.170 e. The van der Waals surface area contributed by atoms with Gasteiger partial charge in [0.1, 0.15) is 5.75 Å². The lowest BCUT2D eigenvalue weighted by molar-refractivity contribution is 0.0303. The van der Waals surface area contributed by atoms with Gasteiger partial charge in [-0.15, -0.1) is 0 Å². The summed E-state index contributed by atoms with van der Waals surface area (Å²) in [6.07, 6.45) is 2.35. The molecule has 0 radical (unpaired) electrons. The van der Waals surface area contributed by atoms with E-state index in [0.29, 0.717) is 28.6 Å². The lowest BCUT2D eigenvalue weighted by atomic mass is 9.74. The van der Waals surface area contributed by atoms with Crippen LogP contribution < -0.4 is 15.4 Å². The maximum absolute atomic E-state index is 9.09. The molecule has 4 atom stereocenters. The molecule has 3 aliphatic heterocycles. The van der Waals surface area contributed by atoms with E-state index in [4.69, 9.17) is 27.3 Å². The van der Waals surface area contributed by atoms with Crippen LogP contribution in [0.4, 0.5) is 5.69 Å². The number of fused-ring (bicyclic) bond motifs is 3. The Bertz CT molecular complexity index is 1260. The van der Waals surface area contributed by atoms with Crippen molar-refractivity contribution in [1.82, 2.24) is 20.0 Å². The molecule has 2 bridgehead atoms. The second kappa shape index (κ2) is 10.1. The Morgan fingerprint density at radius 1 is 1.23 bits per heavy atom. The van der Waals surface area contributed by atoms with Gasteiger partial charge in [0.15, 0.2) is 5.11 Å². The van der Waals surface area contributed by atoms with Gasteiger partial charge < -0.3 is 15.4 Å². The van der Waals surface area contributed by atoms with Crippen LogP contribution in [0.1, 0.15) is 30.0 Å². The number of nitriles is 1. The van der Waals surface area contributed by atoms with Gasteiger partial charge in [-0.1, -0.05) is 18.2 Å². The molecule has 3 saturated heterocycles. The highest BCUT2D eigenvalue weighted by atomic mass is 32.1. The molecule has 0 saturated carbocycles. The fraction of sp³-hybridized carbons (Fsp3) is 0.370. The van der Waals surface area contributed by atoms with E-state index >= 15 is 0 Å². The summed E-state index contributed by atoms with van der Waals surface area (Å²) in [7, 11) is 3.76. The van der Waals surface area contributed by atoms with Crippen LogP contribution in [-0.2, 0) is 7.05 Å². The Morgan fingerprint density at radius 2 is 2.09 bits per heavy atom. The molecule has 0 aliphatic carbocycles. The Hall–Kier alpha value is -3.41. The highest BCUT2D eigenvalue weighted by Crippen LogP contribution is 2.42. The third kappa shape index (κ3) is 4.88. The second-order valence-corrected chi connectivity index (χ2v) is 9.75. The van der Waals surface area contributed by atoms with E-state index < -0.39 is 0 Å². The van der Waals surface area contributed by atoms with Crippen molar-refractivity contribution in [2.75, 3.05) is 32.1 Å². The van der Waals surface area contributed by atoms with Crippen LogP contribution in [0, 0.1) is 17.2 Å². The summed E-state index contributed by atoms with van der Waals surface area (Å²) in [5.74, 6) is 1.95. The van der Waals surface area contributed by atoms with Gasteiger partial charge in [0.05, 0.1) is 24.4 Å². The summed E-state index contributed by atoms with van der Waals surface area (Å²) in [5.41, 5.74) is 4.73. The van der Waals surface area contributed by atoms with Gasteiger partial charge in [0.25, 0.3) is 0 Å². The molecule has 3 aromatic rings. The minimum Gasteiger partial charge on any atom is -0.496 e. The molecule has 180 valence electrons. The molecule has 2 aromatic carbocycles. The maximum Gasteiger partial charge on any atom is 0.170 e. The van der Waals surface area contributed by atoms with E-state index in [1.165, 1.54) is 12.1 Å². The van der Waals surface area contributed by atoms with E-state index in [1.54, 1.807) is 19.2 Å². The number of aromatic nitrogens is 2. The summed E-state index contributed by atoms with van der Waals surface area (Å²) in [6, 6.07) is 20.3. The number of methoxy groups -OCH3 is 1. The molecule has 1 unspecified atom stereocenters. The van der Waals surface area contributed by atoms with E-state index in [-0.39, 0.29) is 0 Å². The first kappa shape index (κ1) is 23.3. The number of benzene rings is 2. The molecule has 8 heteroatoms. The predicted octanol–water partition coefficient (Wildman–Crippen LogP) is 4.13. The molecule has 3 aliphatic rings. The molecule has 0 spiro atoms. The number of anilines is 1. The number of aryl methyl sites for hydroxylation is 1. The molecule has 35 heavy (non-hydrogen) atoms. The number of hydrogen-bond donors (Lipinski definition) is 2. The molecule has 1 aromatic heterocycles.